The Morgan fingerprint density at radius 1 is 0.810 bits per heavy atom. The lowest BCUT2D eigenvalue weighted by molar-refractivity contribution is 0.558. The molecule has 0 saturated heterocycles. The van der Waals surface area contributed by atoms with Crippen LogP contribution in [0.1, 0.15) is 71.1 Å². The molecule has 2 nitrogen and oxygen atoms in total. The second-order valence-electron chi connectivity index (χ2n) is 5.74. The first-order valence-electron chi connectivity index (χ1n) is 8.35. The summed E-state index contributed by atoms with van der Waals surface area (Å²) in [7, 11) is -3.09. The quantitative estimate of drug-likeness (QED) is 0.498. The van der Waals surface area contributed by atoms with E-state index in [-0.39, 0.29) is 5.75 Å². The van der Waals surface area contributed by atoms with Crippen molar-refractivity contribution in [2.45, 2.75) is 76.0 Å². The third kappa shape index (κ3) is 8.25. The summed E-state index contributed by atoms with van der Waals surface area (Å²) in [4.78, 5) is 0.428. The van der Waals surface area contributed by atoms with Gasteiger partial charge in [-0.1, -0.05) is 76.8 Å². The van der Waals surface area contributed by atoms with Gasteiger partial charge in [0.25, 0.3) is 0 Å². The largest absolute Gasteiger partial charge is 0.224 e. The lowest BCUT2D eigenvalue weighted by Crippen LogP contribution is -2.06. The summed E-state index contributed by atoms with van der Waals surface area (Å²) in [6, 6.07) is 9.43. The van der Waals surface area contributed by atoms with Crippen LogP contribution in [0.15, 0.2) is 29.2 Å². The number of hydrogen-bond donors (Lipinski definition) is 0. The van der Waals surface area contributed by atoms with Crippen molar-refractivity contribution in [2.75, 3.05) is 5.75 Å². The second kappa shape index (κ2) is 10.8. The molecule has 0 fully saturated rings. The summed E-state index contributed by atoms with van der Waals surface area (Å²) in [5.74, 6) is 0.271. The summed E-state index contributed by atoms with van der Waals surface area (Å²) >= 11 is 0. The van der Waals surface area contributed by atoms with Crippen molar-refractivity contribution in [3.05, 3.63) is 30.3 Å². The van der Waals surface area contributed by atoms with Crippen molar-refractivity contribution in [2.24, 2.45) is 0 Å². The minimum atomic E-state index is -3.09. The van der Waals surface area contributed by atoms with Crippen molar-refractivity contribution < 1.29 is 8.42 Å². The molecule has 1 aromatic rings. The Bertz CT molecular complexity index is 451. The predicted octanol–water partition coefficient (Wildman–Crippen LogP) is 5.18. The first-order chi connectivity index (χ1) is 10.2. The van der Waals surface area contributed by atoms with Gasteiger partial charge in [0.1, 0.15) is 0 Å². The average Bonchev–Trinajstić information content (AvgIpc) is 2.50. The average molecular weight is 309 g/mol. The van der Waals surface area contributed by atoms with Gasteiger partial charge in [-0.05, 0) is 24.6 Å². The maximum atomic E-state index is 12.1. The normalized spacial score (nSPS) is 11.7. The van der Waals surface area contributed by atoms with E-state index in [1.165, 1.54) is 44.9 Å². The van der Waals surface area contributed by atoms with Crippen LogP contribution in [0.5, 0.6) is 0 Å². The summed E-state index contributed by atoms with van der Waals surface area (Å²) < 4.78 is 24.1. The lowest BCUT2D eigenvalue weighted by Gasteiger charge is -2.04. The molecule has 0 spiro atoms. The summed E-state index contributed by atoms with van der Waals surface area (Å²) in [5.41, 5.74) is 0. The molecule has 0 N–H and O–H groups in total. The highest BCUT2D eigenvalue weighted by Crippen LogP contribution is 2.14. The summed E-state index contributed by atoms with van der Waals surface area (Å²) in [6.07, 6.45) is 12.2. The van der Waals surface area contributed by atoms with E-state index in [0.717, 1.165) is 19.3 Å². The van der Waals surface area contributed by atoms with Gasteiger partial charge in [-0.2, -0.15) is 0 Å². The van der Waals surface area contributed by atoms with E-state index in [0.29, 0.717) is 4.90 Å². The zero-order valence-electron chi connectivity index (χ0n) is 13.3. The van der Waals surface area contributed by atoms with Crippen LogP contribution < -0.4 is 0 Å². The number of unbranched alkanes of at least 4 members (excludes halogenated alkanes) is 9. The van der Waals surface area contributed by atoms with Crippen LogP contribution in [0.3, 0.4) is 0 Å². The Morgan fingerprint density at radius 3 is 1.81 bits per heavy atom. The molecule has 0 bridgehead atoms. The highest BCUT2D eigenvalue weighted by atomic mass is 32.2. The van der Waals surface area contributed by atoms with Gasteiger partial charge in [0.05, 0.1) is 10.6 Å². The van der Waals surface area contributed by atoms with Crippen molar-refractivity contribution in [1.29, 1.82) is 0 Å². The van der Waals surface area contributed by atoms with E-state index >= 15 is 0 Å². The van der Waals surface area contributed by atoms with Crippen LogP contribution in [-0.2, 0) is 9.84 Å². The third-order valence-corrected chi connectivity index (χ3v) is 5.63. The van der Waals surface area contributed by atoms with Crippen molar-refractivity contribution in [3.8, 4) is 0 Å². The van der Waals surface area contributed by atoms with Gasteiger partial charge in [0.2, 0.25) is 0 Å². The lowest BCUT2D eigenvalue weighted by atomic mass is 10.1. The summed E-state index contributed by atoms with van der Waals surface area (Å²) in [5, 5.41) is 0. The molecule has 0 aliphatic rings. The van der Waals surface area contributed by atoms with Gasteiger partial charge < -0.3 is 0 Å². The topological polar surface area (TPSA) is 34.1 Å². The standard InChI is InChI=1S/C18H29O2S/c1-2-3-4-5-6-7-8-9-10-14-17-21(19,20)18-15-12-11-13-16-18/h12-13,15-16H,2-10,14,17H2,1H3. The fourth-order valence-corrected chi connectivity index (χ4v) is 3.85. The van der Waals surface area contributed by atoms with Crippen molar-refractivity contribution in [1.82, 2.24) is 0 Å². The number of hydrogen-bond acceptors (Lipinski definition) is 2. The molecule has 0 atom stereocenters. The molecule has 21 heavy (non-hydrogen) atoms. The number of benzene rings is 1. The highest BCUT2D eigenvalue weighted by molar-refractivity contribution is 7.91. The van der Waals surface area contributed by atoms with Gasteiger partial charge >= 0.3 is 0 Å². The van der Waals surface area contributed by atoms with Crippen LogP contribution in [0.25, 0.3) is 0 Å². The van der Waals surface area contributed by atoms with Crippen molar-refractivity contribution in [3.63, 3.8) is 0 Å². The smallest absolute Gasteiger partial charge is 0.178 e. The monoisotopic (exact) mass is 309 g/mol. The Labute approximate surface area is 130 Å². The van der Waals surface area contributed by atoms with E-state index in [4.69, 9.17) is 0 Å². The van der Waals surface area contributed by atoms with Crippen molar-refractivity contribution >= 4 is 9.84 Å². The third-order valence-electron chi connectivity index (χ3n) is 3.81. The molecular formula is C18H29O2S. The summed E-state index contributed by atoms with van der Waals surface area (Å²) in [6.45, 7) is 2.24. The Hall–Kier alpha value is -0.830. The van der Waals surface area contributed by atoms with E-state index in [1.54, 1.807) is 24.3 Å². The first-order valence-corrected chi connectivity index (χ1v) is 10.0. The number of rotatable bonds is 12. The van der Waals surface area contributed by atoms with Gasteiger partial charge in [0.15, 0.2) is 9.84 Å². The van der Waals surface area contributed by atoms with E-state index in [1.807, 2.05) is 0 Å². The van der Waals surface area contributed by atoms with E-state index in [2.05, 4.69) is 13.0 Å². The molecule has 0 amide bonds. The minimum absolute atomic E-state index is 0.271. The maximum Gasteiger partial charge on any atom is 0.178 e. The molecule has 119 valence electrons. The SMILES string of the molecule is CCCCCCCCCCCCS(=O)(=O)c1cc[c]cc1. The van der Waals surface area contributed by atoms with Crippen LogP contribution in [-0.4, -0.2) is 14.2 Å². The molecule has 0 saturated carbocycles. The van der Waals surface area contributed by atoms with Crippen LogP contribution >= 0.6 is 0 Å². The molecule has 0 heterocycles. The predicted molar refractivity (Wildman–Crippen MR) is 89.2 cm³/mol. The Balaban J connectivity index is 2.04. The van der Waals surface area contributed by atoms with E-state index < -0.39 is 9.84 Å². The Morgan fingerprint density at radius 2 is 1.29 bits per heavy atom. The molecular weight excluding hydrogens is 280 g/mol. The van der Waals surface area contributed by atoms with Crippen LogP contribution in [0.2, 0.25) is 0 Å². The molecule has 1 rings (SSSR count). The highest BCUT2D eigenvalue weighted by Gasteiger charge is 2.12. The van der Waals surface area contributed by atoms with E-state index in [9.17, 15) is 8.42 Å². The zero-order chi connectivity index (χ0) is 15.4. The minimum Gasteiger partial charge on any atom is -0.224 e. The van der Waals surface area contributed by atoms with Gasteiger partial charge in [0, 0.05) is 0 Å². The second-order valence-corrected chi connectivity index (χ2v) is 7.85. The molecule has 0 aliphatic heterocycles. The number of sulfone groups is 1. The zero-order valence-corrected chi connectivity index (χ0v) is 14.1. The van der Waals surface area contributed by atoms with Gasteiger partial charge in [-0.3, -0.25) is 0 Å². The fraction of sp³-hybridized carbons (Fsp3) is 0.667. The van der Waals surface area contributed by atoms with Crippen LogP contribution in [0, 0.1) is 6.07 Å². The fourth-order valence-electron chi connectivity index (χ4n) is 2.48. The van der Waals surface area contributed by atoms with Crippen LogP contribution in [0.4, 0.5) is 0 Å². The van der Waals surface area contributed by atoms with Gasteiger partial charge in [-0.25, -0.2) is 8.42 Å². The first kappa shape index (κ1) is 18.2. The molecule has 0 aliphatic carbocycles. The molecule has 1 radical (unpaired) electrons. The maximum absolute atomic E-state index is 12.1. The molecule has 3 heteroatoms. The molecule has 0 aromatic heterocycles. The molecule has 1 aromatic carbocycles. The Kier molecular flexibility index (Phi) is 9.40. The molecule has 0 unspecified atom stereocenters. The van der Waals surface area contributed by atoms with Gasteiger partial charge in [-0.15, -0.1) is 0 Å².